The van der Waals surface area contributed by atoms with E-state index in [1.54, 1.807) is 13.3 Å². The standard InChI is InChI=1S/C21H22N4O2/c1-27-20-9-15(16-10-23-24-11-16)7-8-19(20)25-21(26)18-13-22-12-17(18)14-5-3-2-4-6-14/h2-11,17-18,22H,12-13H2,1H3,(H,23,24)(H,25,26)/t17-,18+/m1/s1. The largest absolute Gasteiger partial charge is 0.495 e. The third kappa shape index (κ3) is 3.57. The zero-order valence-electron chi connectivity index (χ0n) is 15.1. The van der Waals surface area contributed by atoms with Gasteiger partial charge in [-0.1, -0.05) is 36.4 Å². The Kier molecular flexibility index (Phi) is 4.89. The number of benzene rings is 2. The lowest BCUT2D eigenvalue weighted by molar-refractivity contribution is -0.119. The predicted octanol–water partition coefficient (Wildman–Crippen LogP) is 3.03. The molecule has 6 nitrogen and oxygen atoms in total. The van der Waals surface area contributed by atoms with Gasteiger partial charge >= 0.3 is 0 Å². The molecule has 0 aliphatic carbocycles. The van der Waals surface area contributed by atoms with Gasteiger partial charge in [0.15, 0.2) is 0 Å². The Bertz CT molecular complexity index is 909. The molecule has 138 valence electrons. The van der Waals surface area contributed by atoms with E-state index in [1.165, 1.54) is 5.56 Å². The molecule has 2 atom stereocenters. The molecule has 1 saturated heterocycles. The van der Waals surface area contributed by atoms with Crippen LogP contribution in [-0.2, 0) is 4.79 Å². The van der Waals surface area contributed by atoms with Crippen molar-refractivity contribution in [1.29, 1.82) is 0 Å². The summed E-state index contributed by atoms with van der Waals surface area (Å²) in [6.07, 6.45) is 3.57. The van der Waals surface area contributed by atoms with Gasteiger partial charge in [-0.05, 0) is 23.3 Å². The summed E-state index contributed by atoms with van der Waals surface area (Å²) in [5, 5.41) is 13.2. The maximum absolute atomic E-state index is 13.0. The summed E-state index contributed by atoms with van der Waals surface area (Å²) in [5.74, 6) is 0.681. The predicted molar refractivity (Wildman–Crippen MR) is 105 cm³/mol. The number of hydrogen-bond donors (Lipinski definition) is 3. The molecule has 2 heterocycles. The van der Waals surface area contributed by atoms with Crippen molar-refractivity contribution in [2.75, 3.05) is 25.5 Å². The Hall–Kier alpha value is -3.12. The molecule has 6 heteroatoms. The highest BCUT2D eigenvalue weighted by Gasteiger charge is 2.34. The highest BCUT2D eigenvalue weighted by atomic mass is 16.5. The van der Waals surface area contributed by atoms with Gasteiger partial charge in [0.05, 0.1) is 24.9 Å². The molecule has 1 fully saturated rings. The second-order valence-corrected chi connectivity index (χ2v) is 6.67. The monoisotopic (exact) mass is 362 g/mol. The first-order valence-corrected chi connectivity index (χ1v) is 9.00. The van der Waals surface area contributed by atoms with Crippen LogP contribution in [0.1, 0.15) is 11.5 Å². The SMILES string of the molecule is COc1cc(-c2cn[nH]c2)ccc1NC(=O)[C@H]1CNC[C@@H]1c1ccccc1. The number of amides is 1. The van der Waals surface area contributed by atoms with Crippen molar-refractivity contribution < 1.29 is 9.53 Å². The number of nitrogens with one attached hydrogen (secondary N) is 3. The van der Waals surface area contributed by atoms with Crippen LogP contribution in [0.15, 0.2) is 60.9 Å². The average molecular weight is 362 g/mol. The summed E-state index contributed by atoms with van der Waals surface area (Å²) in [5.41, 5.74) is 3.80. The highest BCUT2D eigenvalue weighted by molar-refractivity contribution is 5.95. The van der Waals surface area contributed by atoms with E-state index >= 15 is 0 Å². The van der Waals surface area contributed by atoms with E-state index in [0.29, 0.717) is 18.0 Å². The fraction of sp³-hybridized carbons (Fsp3) is 0.238. The molecule has 4 rings (SSSR count). The first-order chi connectivity index (χ1) is 13.3. The molecule has 1 aliphatic rings. The number of ether oxygens (including phenoxy) is 1. The molecule has 0 unspecified atom stereocenters. The van der Waals surface area contributed by atoms with Crippen molar-refractivity contribution >= 4 is 11.6 Å². The van der Waals surface area contributed by atoms with Crippen LogP contribution in [0, 0.1) is 5.92 Å². The number of anilines is 1. The number of carbonyl (C=O) groups is 1. The van der Waals surface area contributed by atoms with E-state index in [4.69, 9.17) is 4.74 Å². The van der Waals surface area contributed by atoms with Crippen LogP contribution < -0.4 is 15.4 Å². The molecule has 27 heavy (non-hydrogen) atoms. The van der Waals surface area contributed by atoms with Crippen molar-refractivity contribution in [1.82, 2.24) is 15.5 Å². The zero-order chi connectivity index (χ0) is 18.6. The normalized spacial score (nSPS) is 19.0. The summed E-state index contributed by atoms with van der Waals surface area (Å²) in [6.45, 7) is 1.47. The molecule has 1 amide bonds. The highest BCUT2D eigenvalue weighted by Crippen LogP contribution is 2.33. The number of H-pyrrole nitrogens is 1. The molecular formula is C21H22N4O2. The molecule has 1 aromatic heterocycles. The molecule has 1 aliphatic heterocycles. The molecule has 0 spiro atoms. The molecule has 0 bridgehead atoms. The van der Waals surface area contributed by atoms with Gasteiger partial charge in [0, 0.05) is 30.8 Å². The van der Waals surface area contributed by atoms with E-state index in [2.05, 4.69) is 33.0 Å². The number of aromatic amines is 1. The maximum Gasteiger partial charge on any atom is 0.229 e. The Morgan fingerprint density at radius 3 is 2.74 bits per heavy atom. The molecular weight excluding hydrogens is 340 g/mol. The number of carbonyl (C=O) groups excluding carboxylic acids is 1. The Morgan fingerprint density at radius 1 is 1.15 bits per heavy atom. The van der Waals surface area contributed by atoms with Gasteiger partial charge in [0.1, 0.15) is 5.75 Å². The third-order valence-electron chi connectivity index (χ3n) is 5.07. The van der Waals surface area contributed by atoms with Gasteiger partial charge in [-0.15, -0.1) is 0 Å². The number of aromatic nitrogens is 2. The van der Waals surface area contributed by atoms with Gasteiger partial charge in [-0.2, -0.15) is 5.10 Å². The van der Waals surface area contributed by atoms with Crippen molar-refractivity contribution in [2.45, 2.75) is 5.92 Å². The van der Waals surface area contributed by atoms with E-state index in [0.717, 1.165) is 17.7 Å². The Balaban J connectivity index is 1.54. The summed E-state index contributed by atoms with van der Waals surface area (Å²) >= 11 is 0. The third-order valence-corrected chi connectivity index (χ3v) is 5.07. The summed E-state index contributed by atoms with van der Waals surface area (Å²) in [6, 6.07) is 15.9. The Morgan fingerprint density at radius 2 is 2.00 bits per heavy atom. The van der Waals surface area contributed by atoms with E-state index in [1.807, 2.05) is 42.6 Å². The first-order valence-electron chi connectivity index (χ1n) is 9.00. The average Bonchev–Trinajstić information content (AvgIpc) is 3.41. The lowest BCUT2D eigenvalue weighted by atomic mass is 9.88. The summed E-state index contributed by atoms with van der Waals surface area (Å²) < 4.78 is 5.50. The fourth-order valence-corrected chi connectivity index (χ4v) is 3.61. The molecule has 0 saturated carbocycles. The smallest absolute Gasteiger partial charge is 0.229 e. The van der Waals surface area contributed by atoms with Crippen LogP contribution in [0.5, 0.6) is 5.75 Å². The minimum Gasteiger partial charge on any atom is -0.495 e. The lowest BCUT2D eigenvalue weighted by Gasteiger charge is -2.19. The lowest BCUT2D eigenvalue weighted by Crippen LogP contribution is -2.28. The Labute approximate surface area is 158 Å². The van der Waals surface area contributed by atoms with Gasteiger partial charge in [-0.25, -0.2) is 0 Å². The topological polar surface area (TPSA) is 79.0 Å². The van der Waals surface area contributed by atoms with Crippen molar-refractivity contribution in [3.63, 3.8) is 0 Å². The van der Waals surface area contributed by atoms with Crippen LogP contribution in [0.4, 0.5) is 5.69 Å². The van der Waals surface area contributed by atoms with Crippen molar-refractivity contribution in [3.05, 3.63) is 66.5 Å². The second-order valence-electron chi connectivity index (χ2n) is 6.67. The summed E-state index contributed by atoms with van der Waals surface area (Å²) in [4.78, 5) is 13.0. The second kappa shape index (κ2) is 7.63. The number of hydrogen-bond acceptors (Lipinski definition) is 4. The molecule has 0 radical (unpaired) electrons. The van der Waals surface area contributed by atoms with Gasteiger partial charge in [0.25, 0.3) is 0 Å². The number of nitrogens with zero attached hydrogens (tertiary/aromatic N) is 1. The van der Waals surface area contributed by atoms with Gasteiger partial charge < -0.3 is 15.4 Å². The minimum atomic E-state index is -0.120. The first kappa shape index (κ1) is 17.3. The van der Waals surface area contributed by atoms with Crippen LogP contribution in [0.25, 0.3) is 11.1 Å². The minimum absolute atomic E-state index is 0.00298. The van der Waals surface area contributed by atoms with Crippen LogP contribution in [0.2, 0.25) is 0 Å². The van der Waals surface area contributed by atoms with E-state index in [9.17, 15) is 4.79 Å². The maximum atomic E-state index is 13.0. The van der Waals surface area contributed by atoms with Gasteiger partial charge in [0.2, 0.25) is 5.91 Å². The number of rotatable bonds is 5. The fourth-order valence-electron chi connectivity index (χ4n) is 3.61. The molecule has 2 aromatic carbocycles. The quantitative estimate of drug-likeness (QED) is 0.652. The van der Waals surface area contributed by atoms with Gasteiger partial charge in [-0.3, -0.25) is 9.89 Å². The van der Waals surface area contributed by atoms with E-state index < -0.39 is 0 Å². The van der Waals surface area contributed by atoms with Crippen molar-refractivity contribution in [2.24, 2.45) is 5.92 Å². The number of methoxy groups -OCH3 is 1. The summed E-state index contributed by atoms with van der Waals surface area (Å²) in [7, 11) is 1.61. The zero-order valence-corrected chi connectivity index (χ0v) is 15.1. The van der Waals surface area contributed by atoms with Crippen LogP contribution in [-0.4, -0.2) is 36.3 Å². The molecule has 3 N–H and O–H groups in total. The van der Waals surface area contributed by atoms with Crippen LogP contribution >= 0.6 is 0 Å². The van der Waals surface area contributed by atoms with Crippen LogP contribution in [0.3, 0.4) is 0 Å². The van der Waals surface area contributed by atoms with E-state index in [-0.39, 0.29) is 17.7 Å². The van der Waals surface area contributed by atoms with Crippen molar-refractivity contribution in [3.8, 4) is 16.9 Å². The molecule has 3 aromatic rings.